The van der Waals surface area contributed by atoms with Gasteiger partial charge in [0.1, 0.15) is 11.4 Å². The van der Waals surface area contributed by atoms with Crippen LogP contribution >= 0.6 is 0 Å². The quantitative estimate of drug-likeness (QED) is 0.685. The smallest absolute Gasteiger partial charge is 0.292 e. The van der Waals surface area contributed by atoms with Gasteiger partial charge in [0.2, 0.25) is 0 Å². The summed E-state index contributed by atoms with van der Waals surface area (Å²) in [5, 5.41) is 13.4. The van der Waals surface area contributed by atoms with E-state index < -0.39 is 10.8 Å². The van der Waals surface area contributed by atoms with Crippen molar-refractivity contribution in [2.75, 3.05) is 12.4 Å². The molecule has 0 spiro atoms. The van der Waals surface area contributed by atoms with Crippen LogP contribution in [-0.4, -0.2) is 17.9 Å². The molecule has 1 N–H and O–H groups in total. The van der Waals surface area contributed by atoms with Gasteiger partial charge in [-0.15, -0.1) is 0 Å². The first kappa shape index (κ1) is 13.5. The second-order valence-electron chi connectivity index (χ2n) is 3.96. The van der Waals surface area contributed by atoms with Crippen LogP contribution in [0.2, 0.25) is 0 Å². The summed E-state index contributed by atoms with van der Waals surface area (Å²) < 4.78 is 5.03. The van der Waals surface area contributed by atoms with Crippen LogP contribution in [0.4, 0.5) is 11.4 Å². The first-order valence-corrected chi connectivity index (χ1v) is 5.80. The number of hydrogen-bond acceptors (Lipinski definition) is 4. The number of ether oxygens (including phenoxy) is 1. The van der Waals surface area contributed by atoms with Crippen LogP contribution in [-0.2, 0) is 0 Å². The lowest BCUT2D eigenvalue weighted by atomic mass is 10.2. The molecule has 0 aromatic heterocycles. The molecule has 0 saturated heterocycles. The highest BCUT2D eigenvalue weighted by molar-refractivity contribution is 6.05. The van der Waals surface area contributed by atoms with Crippen LogP contribution in [0.25, 0.3) is 0 Å². The standard InChI is InChI=1S/C14H12N2O4/c1-20-11-6-4-5-10(9-11)14(17)15-12-7-2-3-8-13(12)16(18)19/h2-9H,1H3,(H,15,17). The average molecular weight is 272 g/mol. The van der Waals surface area contributed by atoms with Gasteiger partial charge in [-0.25, -0.2) is 0 Å². The van der Waals surface area contributed by atoms with E-state index >= 15 is 0 Å². The zero-order valence-corrected chi connectivity index (χ0v) is 10.7. The Morgan fingerprint density at radius 2 is 1.95 bits per heavy atom. The predicted octanol–water partition coefficient (Wildman–Crippen LogP) is 2.86. The van der Waals surface area contributed by atoms with Crippen molar-refractivity contribution in [3.05, 3.63) is 64.2 Å². The lowest BCUT2D eigenvalue weighted by molar-refractivity contribution is -0.383. The van der Waals surface area contributed by atoms with Gasteiger partial charge in [0, 0.05) is 11.6 Å². The van der Waals surface area contributed by atoms with E-state index in [0.717, 1.165) is 0 Å². The van der Waals surface area contributed by atoms with Gasteiger partial charge in [-0.2, -0.15) is 0 Å². The number of rotatable bonds is 4. The number of nitrogens with zero attached hydrogens (tertiary/aromatic N) is 1. The molecule has 1 amide bonds. The maximum absolute atomic E-state index is 12.1. The number of nitro groups is 1. The van der Waals surface area contributed by atoms with E-state index in [1.807, 2.05) is 0 Å². The summed E-state index contributed by atoms with van der Waals surface area (Å²) in [6.07, 6.45) is 0. The van der Waals surface area contributed by atoms with E-state index in [9.17, 15) is 14.9 Å². The Labute approximate surface area is 115 Å². The normalized spacial score (nSPS) is 9.85. The molecule has 0 atom stereocenters. The summed E-state index contributed by atoms with van der Waals surface area (Å²) >= 11 is 0. The summed E-state index contributed by atoms with van der Waals surface area (Å²) in [6, 6.07) is 12.5. The van der Waals surface area contributed by atoms with Gasteiger partial charge in [-0.1, -0.05) is 18.2 Å². The molecule has 0 saturated carbocycles. The maximum Gasteiger partial charge on any atom is 0.292 e. The lowest BCUT2D eigenvalue weighted by Crippen LogP contribution is -2.13. The Hall–Kier alpha value is -2.89. The summed E-state index contributed by atoms with van der Waals surface area (Å²) in [7, 11) is 1.50. The van der Waals surface area contributed by atoms with Crippen LogP contribution in [0.15, 0.2) is 48.5 Å². The first-order chi connectivity index (χ1) is 9.61. The Morgan fingerprint density at radius 3 is 2.65 bits per heavy atom. The molecule has 0 radical (unpaired) electrons. The molecule has 20 heavy (non-hydrogen) atoms. The van der Waals surface area contributed by atoms with E-state index in [-0.39, 0.29) is 11.4 Å². The highest BCUT2D eigenvalue weighted by Gasteiger charge is 2.15. The van der Waals surface area contributed by atoms with Crippen molar-refractivity contribution >= 4 is 17.3 Å². The Kier molecular flexibility index (Phi) is 3.95. The zero-order valence-electron chi connectivity index (χ0n) is 10.7. The fourth-order valence-electron chi connectivity index (χ4n) is 1.70. The van der Waals surface area contributed by atoms with Gasteiger partial charge < -0.3 is 10.1 Å². The van der Waals surface area contributed by atoms with E-state index in [1.165, 1.54) is 19.2 Å². The largest absolute Gasteiger partial charge is 0.497 e. The number of carbonyl (C=O) groups excluding carboxylic acids is 1. The van der Waals surface area contributed by atoms with E-state index in [4.69, 9.17) is 4.74 Å². The second kappa shape index (κ2) is 5.83. The lowest BCUT2D eigenvalue weighted by Gasteiger charge is -2.07. The third-order valence-corrected chi connectivity index (χ3v) is 2.68. The first-order valence-electron chi connectivity index (χ1n) is 5.80. The summed E-state index contributed by atoms with van der Waals surface area (Å²) in [6.45, 7) is 0. The van der Waals surface area contributed by atoms with Gasteiger partial charge in [0.15, 0.2) is 0 Å². The number of anilines is 1. The molecule has 0 aliphatic carbocycles. The number of nitrogens with one attached hydrogen (secondary N) is 1. The van der Waals surface area contributed by atoms with Crippen LogP contribution in [0, 0.1) is 10.1 Å². The molecule has 102 valence electrons. The Morgan fingerprint density at radius 1 is 1.20 bits per heavy atom. The molecule has 0 aliphatic rings. The summed E-state index contributed by atoms with van der Waals surface area (Å²) in [5.74, 6) is 0.110. The van der Waals surface area contributed by atoms with Gasteiger partial charge in [-0.05, 0) is 24.3 Å². The topological polar surface area (TPSA) is 81.5 Å². The Balaban J connectivity index is 2.25. The minimum Gasteiger partial charge on any atom is -0.497 e. The third kappa shape index (κ3) is 2.92. The molecule has 0 aliphatic heterocycles. The summed E-state index contributed by atoms with van der Waals surface area (Å²) in [5.41, 5.74) is 0.372. The van der Waals surface area contributed by atoms with Crippen molar-refractivity contribution in [2.45, 2.75) is 0 Å². The SMILES string of the molecule is COc1cccc(C(=O)Nc2ccccc2[N+](=O)[O-])c1. The van der Waals surface area contributed by atoms with E-state index in [0.29, 0.717) is 11.3 Å². The molecule has 6 heteroatoms. The second-order valence-corrected chi connectivity index (χ2v) is 3.96. The van der Waals surface area contributed by atoms with Crippen LogP contribution in [0.5, 0.6) is 5.75 Å². The monoisotopic (exact) mass is 272 g/mol. The van der Waals surface area contributed by atoms with Gasteiger partial charge in [-0.3, -0.25) is 14.9 Å². The Bertz CT molecular complexity index is 655. The number of para-hydroxylation sites is 2. The summed E-state index contributed by atoms with van der Waals surface area (Å²) in [4.78, 5) is 22.4. The van der Waals surface area contributed by atoms with Gasteiger partial charge in [0.25, 0.3) is 11.6 Å². The number of hydrogen-bond donors (Lipinski definition) is 1. The maximum atomic E-state index is 12.1. The highest BCUT2D eigenvalue weighted by atomic mass is 16.6. The fraction of sp³-hybridized carbons (Fsp3) is 0.0714. The van der Waals surface area contributed by atoms with E-state index in [2.05, 4.69) is 5.32 Å². The van der Waals surface area contributed by atoms with Gasteiger partial charge >= 0.3 is 0 Å². The van der Waals surface area contributed by atoms with Crippen molar-refractivity contribution in [2.24, 2.45) is 0 Å². The highest BCUT2D eigenvalue weighted by Crippen LogP contribution is 2.24. The molecule has 2 aromatic carbocycles. The van der Waals surface area contributed by atoms with Gasteiger partial charge in [0.05, 0.1) is 12.0 Å². The van der Waals surface area contributed by atoms with Crippen LogP contribution in [0.3, 0.4) is 0 Å². The minimum absolute atomic E-state index is 0.149. The molecule has 2 aromatic rings. The molecular weight excluding hydrogens is 260 g/mol. The number of amides is 1. The van der Waals surface area contributed by atoms with Crippen LogP contribution < -0.4 is 10.1 Å². The molecule has 2 rings (SSSR count). The molecule has 0 fully saturated rings. The molecular formula is C14H12N2O4. The van der Waals surface area contributed by atoms with Crippen molar-refractivity contribution in [1.29, 1.82) is 0 Å². The van der Waals surface area contributed by atoms with E-state index in [1.54, 1.807) is 36.4 Å². The zero-order chi connectivity index (χ0) is 14.5. The van der Waals surface area contributed by atoms with Crippen molar-refractivity contribution in [3.8, 4) is 5.75 Å². The molecule has 0 unspecified atom stereocenters. The average Bonchev–Trinajstić information content (AvgIpc) is 2.47. The number of carbonyl (C=O) groups is 1. The number of benzene rings is 2. The molecule has 0 bridgehead atoms. The van der Waals surface area contributed by atoms with Crippen molar-refractivity contribution in [1.82, 2.24) is 0 Å². The van der Waals surface area contributed by atoms with Crippen molar-refractivity contribution in [3.63, 3.8) is 0 Å². The third-order valence-electron chi connectivity index (χ3n) is 2.68. The van der Waals surface area contributed by atoms with Crippen molar-refractivity contribution < 1.29 is 14.5 Å². The number of methoxy groups -OCH3 is 1. The van der Waals surface area contributed by atoms with Crippen LogP contribution in [0.1, 0.15) is 10.4 Å². The molecule has 0 heterocycles. The minimum atomic E-state index is -0.540. The fourth-order valence-corrected chi connectivity index (χ4v) is 1.70. The predicted molar refractivity (Wildman–Crippen MR) is 74.0 cm³/mol. The number of nitro benzene ring substituents is 1. The molecule has 6 nitrogen and oxygen atoms in total.